The highest BCUT2D eigenvalue weighted by molar-refractivity contribution is 6.31. The Morgan fingerprint density at radius 2 is 1.80 bits per heavy atom. The van der Waals surface area contributed by atoms with Crippen LogP contribution < -0.4 is 5.32 Å². The van der Waals surface area contributed by atoms with Crippen LogP contribution in [0.3, 0.4) is 0 Å². The molecule has 0 radical (unpaired) electrons. The summed E-state index contributed by atoms with van der Waals surface area (Å²) in [6.45, 7) is 3.76. The molecule has 0 aliphatic carbocycles. The highest BCUT2D eigenvalue weighted by Crippen LogP contribution is 2.30. The van der Waals surface area contributed by atoms with Crippen molar-refractivity contribution in [3.8, 4) is 0 Å². The van der Waals surface area contributed by atoms with E-state index in [1.165, 1.54) is 20.1 Å². The number of amides is 1. The smallest absolute Gasteiger partial charge is 0.247 e. The summed E-state index contributed by atoms with van der Waals surface area (Å²) in [6, 6.07) is 11.7. The topological polar surface area (TPSA) is 84.9 Å². The van der Waals surface area contributed by atoms with Gasteiger partial charge in [-0.25, -0.2) is 0 Å². The van der Waals surface area contributed by atoms with Crippen LogP contribution in [0.15, 0.2) is 60.5 Å². The molecule has 186 valence electrons. The minimum Gasteiger partial charge on any atom is -0.495 e. The molecular formula is C27H31ClN2O5. The lowest BCUT2D eigenvalue weighted by atomic mass is 9.96. The number of carbonyl (C=O) groups is 3. The summed E-state index contributed by atoms with van der Waals surface area (Å²) in [6.07, 6.45) is 3.94. The molecule has 0 fully saturated rings. The van der Waals surface area contributed by atoms with Crippen molar-refractivity contribution in [2.75, 3.05) is 33.2 Å². The van der Waals surface area contributed by atoms with E-state index in [9.17, 15) is 14.4 Å². The minimum absolute atomic E-state index is 0.187. The van der Waals surface area contributed by atoms with Crippen molar-refractivity contribution in [1.82, 2.24) is 4.90 Å². The van der Waals surface area contributed by atoms with Crippen LogP contribution in [0.5, 0.6) is 0 Å². The number of carbonyl (C=O) groups excluding carboxylic acids is 3. The van der Waals surface area contributed by atoms with E-state index < -0.39 is 6.04 Å². The number of benzene rings is 2. The van der Waals surface area contributed by atoms with Crippen molar-refractivity contribution < 1.29 is 23.9 Å². The van der Waals surface area contributed by atoms with Crippen LogP contribution in [0.1, 0.15) is 34.8 Å². The highest BCUT2D eigenvalue weighted by Gasteiger charge is 2.24. The lowest BCUT2D eigenvalue weighted by molar-refractivity contribution is -0.120. The van der Waals surface area contributed by atoms with Crippen molar-refractivity contribution in [2.24, 2.45) is 0 Å². The van der Waals surface area contributed by atoms with Gasteiger partial charge in [-0.2, -0.15) is 0 Å². The van der Waals surface area contributed by atoms with Gasteiger partial charge in [-0.05, 0) is 55.8 Å². The van der Waals surface area contributed by atoms with Crippen LogP contribution in [0.4, 0.5) is 5.69 Å². The number of aryl methyl sites for hydroxylation is 1. The standard InChI is InChI=1S/C27H31ClN2O5/c1-18-6-9-21(10-7-18)29-27(33)25(13-15-34-4)30(3)17-26(35-5)23(12-14-31)24-16-20(28)8-11-22(24)19(2)32/h6-12,14,16-17,25H,13,15H2,1-5H3,(H,29,33)/b23-12-,26-17+. The van der Waals surface area contributed by atoms with Crippen molar-refractivity contribution in [2.45, 2.75) is 26.3 Å². The molecule has 0 heterocycles. The van der Waals surface area contributed by atoms with Gasteiger partial charge in [-0.15, -0.1) is 0 Å². The zero-order valence-corrected chi connectivity index (χ0v) is 21.4. The summed E-state index contributed by atoms with van der Waals surface area (Å²) in [7, 11) is 4.75. The molecule has 0 aromatic heterocycles. The van der Waals surface area contributed by atoms with Crippen molar-refractivity contribution >= 4 is 40.8 Å². The lowest BCUT2D eigenvalue weighted by Crippen LogP contribution is -2.40. The molecule has 0 saturated heterocycles. The van der Waals surface area contributed by atoms with Crippen LogP contribution in [-0.2, 0) is 19.1 Å². The molecule has 0 bridgehead atoms. The number of aldehydes is 1. The number of anilines is 1. The fourth-order valence-electron chi connectivity index (χ4n) is 3.54. The van der Waals surface area contributed by atoms with Crippen LogP contribution >= 0.6 is 11.6 Å². The Bertz CT molecular complexity index is 1110. The fraction of sp³-hybridized carbons (Fsp3) is 0.296. The van der Waals surface area contributed by atoms with Gasteiger partial charge in [0.1, 0.15) is 18.1 Å². The molecule has 0 aliphatic rings. The largest absolute Gasteiger partial charge is 0.495 e. The molecule has 2 aromatic carbocycles. The summed E-state index contributed by atoms with van der Waals surface area (Å²) in [5, 5.41) is 3.33. The number of hydrogen-bond acceptors (Lipinski definition) is 6. The molecular weight excluding hydrogens is 468 g/mol. The van der Waals surface area contributed by atoms with Crippen LogP contribution in [-0.4, -0.2) is 56.8 Å². The number of nitrogens with zero attached hydrogens (tertiary/aromatic N) is 1. The molecule has 35 heavy (non-hydrogen) atoms. The average Bonchev–Trinajstić information content (AvgIpc) is 2.82. The summed E-state index contributed by atoms with van der Waals surface area (Å²) >= 11 is 6.19. The van der Waals surface area contributed by atoms with Gasteiger partial charge < -0.3 is 19.7 Å². The summed E-state index contributed by atoms with van der Waals surface area (Å²) in [5.74, 6) is -0.129. The number of rotatable bonds is 12. The van der Waals surface area contributed by atoms with Gasteiger partial charge in [0.25, 0.3) is 0 Å². The highest BCUT2D eigenvalue weighted by atomic mass is 35.5. The van der Waals surface area contributed by atoms with Gasteiger partial charge in [0.2, 0.25) is 5.91 Å². The number of ether oxygens (including phenoxy) is 2. The predicted molar refractivity (Wildman–Crippen MR) is 138 cm³/mol. The van der Waals surface area contributed by atoms with E-state index in [0.717, 1.165) is 5.56 Å². The van der Waals surface area contributed by atoms with Gasteiger partial charge >= 0.3 is 0 Å². The van der Waals surface area contributed by atoms with Crippen LogP contribution in [0, 0.1) is 6.92 Å². The maximum absolute atomic E-state index is 13.2. The van der Waals surface area contributed by atoms with Gasteiger partial charge in [0, 0.05) is 55.2 Å². The van der Waals surface area contributed by atoms with E-state index in [2.05, 4.69) is 5.32 Å². The third-order valence-electron chi connectivity index (χ3n) is 5.40. The monoisotopic (exact) mass is 498 g/mol. The number of ketones is 1. The number of methoxy groups -OCH3 is 2. The Hall–Kier alpha value is -3.42. The van der Waals surface area contributed by atoms with Crippen molar-refractivity contribution in [1.29, 1.82) is 0 Å². The van der Waals surface area contributed by atoms with Crippen LogP contribution in [0.25, 0.3) is 5.57 Å². The predicted octanol–water partition coefficient (Wildman–Crippen LogP) is 4.90. The summed E-state index contributed by atoms with van der Waals surface area (Å²) in [5.41, 5.74) is 2.98. The Kier molecular flexibility index (Phi) is 10.7. The molecule has 7 nitrogen and oxygen atoms in total. The SMILES string of the molecule is COCCC(C(=O)Nc1ccc(C)cc1)N(C)/C=C(OC)\C(=C/C=O)c1cc(Cl)ccc1C(C)=O. The summed E-state index contributed by atoms with van der Waals surface area (Å²) in [4.78, 5) is 38.6. The van der Waals surface area contributed by atoms with Gasteiger partial charge in [0.05, 0.1) is 7.11 Å². The molecule has 1 N–H and O–H groups in total. The number of halogens is 1. The van der Waals surface area contributed by atoms with E-state index in [4.69, 9.17) is 21.1 Å². The maximum atomic E-state index is 13.2. The molecule has 2 aromatic rings. The first-order valence-electron chi connectivity index (χ1n) is 11.0. The average molecular weight is 499 g/mol. The van der Waals surface area contributed by atoms with Crippen LogP contribution in [0.2, 0.25) is 5.02 Å². The zero-order valence-electron chi connectivity index (χ0n) is 20.6. The molecule has 1 atom stereocenters. The van der Waals surface area contributed by atoms with E-state index in [1.54, 1.807) is 43.5 Å². The van der Waals surface area contributed by atoms with Gasteiger partial charge in [-0.3, -0.25) is 14.4 Å². The second kappa shape index (κ2) is 13.5. The number of likely N-dealkylation sites (N-methyl/N-ethyl adjacent to an activating group) is 1. The van der Waals surface area contributed by atoms with E-state index in [0.29, 0.717) is 46.7 Å². The molecule has 2 rings (SSSR count). The fourth-order valence-corrected chi connectivity index (χ4v) is 3.71. The maximum Gasteiger partial charge on any atom is 0.247 e. The first kappa shape index (κ1) is 27.8. The Morgan fingerprint density at radius 1 is 1.11 bits per heavy atom. The number of hydrogen-bond donors (Lipinski definition) is 1. The first-order chi connectivity index (χ1) is 16.7. The lowest BCUT2D eigenvalue weighted by Gasteiger charge is -2.27. The number of Topliss-reactive ketones (excluding diaryl/α,β-unsaturated/α-hetero) is 1. The Morgan fingerprint density at radius 3 is 2.37 bits per heavy atom. The number of allylic oxidation sites excluding steroid dienone is 2. The van der Waals surface area contributed by atoms with Gasteiger partial charge in [0.15, 0.2) is 5.78 Å². The molecule has 0 spiro atoms. The quantitative estimate of drug-likeness (QED) is 0.147. The van der Waals surface area contributed by atoms with Gasteiger partial charge in [-0.1, -0.05) is 29.3 Å². The third-order valence-corrected chi connectivity index (χ3v) is 5.64. The normalized spacial score (nSPS) is 12.6. The molecule has 0 saturated carbocycles. The molecule has 1 unspecified atom stereocenters. The van der Waals surface area contributed by atoms with E-state index in [1.807, 2.05) is 31.2 Å². The van der Waals surface area contributed by atoms with Crippen molar-refractivity contribution in [3.05, 3.63) is 82.2 Å². The first-order valence-corrected chi connectivity index (χ1v) is 11.4. The second-order valence-electron chi connectivity index (χ2n) is 7.98. The zero-order chi connectivity index (χ0) is 26.0. The molecule has 1 amide bonds. The molecule has 0 aliphatic heterocycles. The van der Waals surface area contributed by atoms with Crippen molar-refractivity contribution in [3.63, 3.8) is 0 Å². The molecule has 8 heteroatoms. The minimum atomic E-state index is -0.606. The Balaban J connectivity index is 2.45. The number of nitrogens with one attached hydrogen (secondary N) is 1. The van der Waals surface area contributed by atoms with E-state index >= 15 is 0 Å². The Labute approximate surface area is 211 Å². The third kappa shape index (κ3) is 7.80. The summed E-state index contributed by atoms with van der Waals surface area (Å²) < 4.78 is 10.8. The van der Waals surface area contributed by atoms with E-state index in [-0.39, 0.29) is 17.4 Å². The second-order valence-corrected chi connectivity index (χ2v) is 8.41.